The molecule has 0 radical (unpaired) electrons. The zero-order chi connectivity index (χ0) is 19.0. The summed E-state index contributed by atoms with van der Waals surface area (Å²) < 4.78 is 4.88. The number of aromatic nitrogens is 1. The molecular weight excluding hydrogens is 344 g/mol. The van der Waals surface area contributed by atoms with Crippen molar-refractivity contribution in [1.82, 2.24) is 15.8 Å². The summed E-state index contributed by atoms with van der Waals surface area (Å²) in [5, 5.41) is 11.1. The third kappa shape index (κ3) is 7.59. The fourth-order valence-corrected chi connectivity index (χ4v) is 2.74. The van der Waals surface area contributed by atoms with Crippen LogP contribution >= 0.6 is 11.8 Å². The lowest BCUT2D eigenvalue weighted by atomic mass is 10.0. The maximum Gasteiger partial charge on any atom is 0.242 e. The Morgan fingerprint density at radius 2 is 1.92 bits per heavy atom. The first-order valence-corrected chi connectivity index (χ1v) is 9.14. The smallest absolute Gasteiger partial charge is 0.242 e. The van der Waals surface area contributed by atoms with Crippen molar-refractivity contribution >= 4 is 35.3 Å². The van der Waals surface area contributed by atoms with E-state index in [1.807, 2.05) is 13.8 Å². The molecule has 2 unspecified atom stereocenters. The SMILES string of the molecule is CNC(=O)C(CC(C)C)NC(=O)CSC(C)C(=O)Nc1cc(C)on1. The molecule has 0 spiro atoms. The number of nitrogens with one attached hydrogen (secondary N) is 3. The minimum absolute atomic E-state index is 0.0814. The van der Waals surface area contributed by atoms with Crippen LogP contribution in [0.3, 0.4) is 0 Å². The maximum atomic E-state index is 12.1. The Labute approximate surface area is 151 Å². The topological polar surface area (TPSA) is 113 Å². The van der Waals surface area contributed by atoms with Crippen LogP contribution < -0.4 is 16.0 Å². The highest BCUT2D eigenvalue weighted by molar-refractivity contribution is 8.01. The van der Waals surface area contributed by atoms with Crippen LogP contribution in [0.15, 0.2) is 10.6 Å². The Morgan fingerprint density at radius 1 is 1.24 bits per heavy atom. The molecule has 140 valence electrons. The number of nitrogens with zero attached hydrogens (tertiary/aromatic N) is 1. The van der Waals surface area contributed by atoms with Gasteiger partial charge in [0.05, 0.1) is 11.0 Å². The molecule has 9 heteroatoms. The van der Waals surface area contributed by atoms with E-state index >= 15 is 0 Å². The van der Waals surface area contributed by atoms with E-state index < -0.39 is 11.3 Å². The highest BCUT2D eigenvalue weighted by atomic mass is 32.2. The molecule has 0 aliphatic carbocycles. The fourth-order valence-electron chi connectivity index (χ4n) is 2.04. The molecule has 1 heterocycles. The van der Waals surface area contributed by atoms with Gasteiger partial charge < -0.3 is 20.5 Å². The molecule has 0 saturated heterocycles. The van der Waals surface area contributed by atoms with E-state index in [4.69, 9.17) is 4.52 Å². The number of likely N-dealkylation sites (N-methyl/N-ethyl adjacent to an activating group) is 1. The standard InChI is InChI=1S/C16H26N4O4S/c1-9(2)6-12(16(23)17-5)18-14(21)8-25-11(4)15(22)19-13-7-10(3)24-20-13/h7,9,11-12H,6,8H2,1-5H3,(H,17,23)(H,18,21)(H,19,20,22). The first-order chi connectivity index (χ1) is 11.7. The van der Waals surface area contributed by atoms with Crippen molar-refractivity contribution < 1.29 is 18.9 Å². The minimum Gasteiger partial charge on any atom is -0.360 e. The van der Waals surface area contributed by atoms with Crippen molar-refractivity contribution in [2.75, 3.05) is 18.1 Å². The summed E-state index contributed by atoms with van der Waals surface area (Å²) in [6.07, 6.45) is 0.553. The molecule has 1 aromatic heterocycles. The average Bonchev–Trinajstić information content (AvgIpc) is 2.95. The second-order valence-corrected chi connectivity index (χ2v) is 7.46. The zero-order valence-corrected chi connectivity index (χ0v) is 16.0. The van der Waals surface area contributed by atoms with E-state index in [1.165, 1.54) is 18.8 Å². The second-order valence-electron chi connectivity index (χ2n) is 6.13. The van der Waals surface area contributed by atoms with Gasteiger partial charge in [0.15, 0.2) is 5.82 Å². The number of carbonyl (C=O) groups excluding carboxylic acids is 3. The first-order valence-electron chi connectivity index (χ1n) is 8.09. The van der Waals surface area contributed by atoms with Crippen molar-refractivity contribution in [3.05, 3.63) is 11.8 Å². The summed E-state index contributed by atoms with van der Waals surface area (Å²) in [6.45, 7) is 7.39. The number of aryl methyl sites for hydroxylation is 1. The number of rotatable bonds is 9. The lowest BCUT2D eigenvalue weighted by Crippen LogP contribution is -2.47. The van der Waals surface area contributed by atoms with Gasteiger partial charge in [-0.2, -0.15) is 0 Å². The van der Waals surface area contributed by atoms with Crippen molar-refractivity contribution in [1.29, 1.82) is 0 Å². The number of anilines is 1. The van der Waals surface area contributed by atoms with Gasteiger partial charge in [-0.3, -0.25) is 14.4 Å². The number of thioether (sulfide) groups is 1. The second kappa shape index (κ2) is 10.1. The minimum atomic E-state index is -0.569. The molecule has 3 N–H and O–H groups in total. The van der Waals surface area contributed by atoms with E-state index in [2.05, 4.69) is 21.1 Å². The third-order valence-electron chi connectivity index (χ3n) is 3.32. The molecule has 2 atom stereocenters. The molecule has 0 aliphatic heterocycles. The highest BCUT2D eigenvalue weighted by Crippen LogP contribution is 2.14. The molecule has 0 aliphatic rings. The van der Waals surface area contributed by atoms with Crippen LogP contribution in [0.1, 0.15) is 33.0 Å². The monoisotopic (exact) mass is 370 g/mol. The molecule has 0 aromatic carbocycles. The third-order valence-corrected chi connectivity index (χ3v) is 4.46. The summed E-state index contributed by atoms with van der Waals surface area (Å²) in [4.78, 5) is 35.9. The van der Waals surface area contributed by atoms with Gasteiger partial charge in [0.25, 0.3) is 0 Å². The molecule has 8 nitrogen and oxygen atoms in total. The van der Waals surface area contributed by atoms with Crippen molar-refractivity contribution in [3.63, 3.8) is 0 Å². The molecule has 0 fully saturated rings. The lowest BCUT2D eigenvalue weighted by molar-refractivity contribution is -0.128. The van der Waals surface area contributed by atoms with Gasteiger partial charge in [0.1, 0.15) is 11.8 Å². The van der Waals surface area contributed by atoms with Crippen LogP contribution in [0, 0.1) is 12.8 Å². The van der Waals surface area contributed by atoms with Crippen LogP contribution in [0.5, 0.6) is 0 Å². The summed E-state index contributed by atoms with van der Waals surface area (Å²) in [6, 6.07) is 1.04. The Balaban J connectivity index is 2.45. The summed E-state index contributed by atoms with van der Waals surface area (Å²) in [7, 11) is 1.54. The van der Waals surface area contributed by atoms with Crippen LogP contribution in [0.2, 0.25) is 0 Å². The zero-order valence-electron chi connectivity index (χ0n) is 15.2. The predicted molar refractivity (Wildman–Crippen MR) is 97.2 cm³/mol. The summed E-state index contributed by atoms with van der Waals surface area (Å²) in [5.41, 5.74) is 0. The van der Waals surface area contributed by atoms with Crippen LogP contribution in [0.4, 0.5) is 5.82 Å². The average molecular weight is 370 g/mol. The van der Waals surface area contributed by atoms with Crippen LogP contribution in [-0.2, 0) is 14.4 Å². The van der Waals surface area contributed by atoms with Gasteiger partial charge in [0.2, 0.25) is 17.7 Å². The summed E-state index contributed by atoms with van der Waals surface area (Å²) >= 11 is 1.18. The normalized spacial score (nSPS) is 13.2. The van der Waals surface area contributed by atoms with Crippen LogP contribution in [0.25, 0.3) is 0 Å². The van der Waals surface area contributed by atoms with Crippen LogP contribution in [-0.4, -0.2) is 47.0 Å². The first kappa shape index (κ1) is 21.0. The number of hydrogen-bond acceptors (Lipinski definition) is 6. The Kier molecular flexibility index (Phi) is 8.47. The van der Waals surface area contributed by atoms with E-state index in [0.717, 1.165) is 0 Å². The molecular formula is C16H26N4O4S. The number of amides is 3. The molecule has 0 bridgehead atoms. The number of hydrogen-bond donors (Lipinski definition) is 3. The van der Waals surface area contributed by atoms with Crippen molar-refractivity contribution in [2.24, 2.45) is 5.92 Å². The predicted octanol–water partition coefficient (Wildman–Crippen LogP) is 1.32. The van der Waals surface area contributed by atoms with E-state index in [-0.39, 0.29) is 29.4 Å². The van der Waals surface area contributed by atoms with Gasteiger partial charge in [-0.1, -0.05) is 19.0 Å². The lowest BCUT2D eigenvalue weighted by Gasteiger charge is -2.19. The van der Waals surface area contributed by atoms with E-state index in [1.54, 1.807) is 19.9 Å². The van der Waals surface area contributed by atoms with Gasteiger partial charge in [-0.05, 0) is 26.2 Å². The van der Waals surface area contributed by atoms with Gasteiger partial charge >= 0.3 is 0 Å². The molecule has 0 saturated carbocycles. The molecule has 3 amide bonds. The van der Waals surface area contributed by atoms with Crippen molar-refractivity contribution in [3.8, 4) is 0 Å². The van der Waals surface area contributed by atoms with Gasteiger partial charge in [-0.15, -0.1) is 11.8 Å². The Morgan fingerprint density at radius 3 is 2.44 bits per heavy atom. The van der Waals surface area contributed by atoms with Gasteiger partial charge in [0, 0.05) is 13.1 Å². The quantitative estimate of drug-likeness (QED) is 0.604. The molecule has 1 rings (SSSR count). The van der Waals surface area contributed by atoms with E-state index in [9.17, 15) is 14.4 Å². The van der Waals surface area contributed by atoms with Crippen molar-refractivity contribution in [2.45, 2.75) is 45.4 Å². The summed E-state index contributed by atoms with van der Waals surface area (Å²) in [5.74, 6) is 0.520. The largest absolute Gasteiger partial charge is 0.360 e. The van der Waals surface area contributed by atoms with Gasteiger partial charge in [-0.25, -0.2) is 0 Å². The number of carbonyl (C=O) groups is 3. The fraction of sp³-hybridized carbons (Fsp3) is 0.625. The van der Waals surface area contributed by atoms with E-state index in [0.29, 0.717) is 18.0 Å². The molecule has 1 aromatic rings. The molecule has 25 heavy (non-hydrogen) atoms. The Bertz CT molecular complexity index is 603. The Hall–Kier alpha value is -2.03. The maximum absolute atomic E-state index is 12.1. The highest BCUT2D eigenvalue weighted by Gasteiger charge is 2.22.